The van der Waals surface area contributed by atoms with Gasteiger partial charge in [-0.25, -0.2) is 4.79 Å². The summed E-state index contributed by atoms with van der Waals surface area (Å²) in [6, 6.07) is 0.239. The van der Waals surface area contributed by atoms with Gasteiger partial charge in [-0.05, 0) is 6.42 Å². The number of ether oxygens (including phenoxy) is 1. The second-order valence-corrected chi connectivity index (χ2v) is 2.31. The minimum Gasteiger partial charge on any atom is -0.465 e. The number of nitrogens with one attached hydrogen (secondary N) is 1. The van der Waals surface area contributed by atoms with Crippen molar-refractivity contribution in [3.8, 4) is 6.01 Å². The molecule has 0 saturated carbocycles. The van der Waals surface area contributed by atoms with Gasteiger partial charge < -0.3 is 4.74 Å². The molecular formula is C7H11N3O2. The zero-order valence-electron chi connectivity index (χ0n) is 6.91. The van der Waals surface area contributed by atoms with Gasteiger partial charge in [-0.2, -0.15) is 9.97 Å². The summed E-state index contributed by atoms with van der Waals surface area (Å²) >= 11 is 0. The SMILES string of the molecule is CCCCOc1ncnc(=O)[nH]1. The Morgan fingerprint density at radius 2 is 2.42 bits per heavy atom. The Bertz CT molecular complexity index is 284. The van der Waals surface area contributed by atoms with Gasteiger partial charge >= 0.3 is 5.69 Å². The molecule has 0 aliphatic rings. The fourth-order valence-electron chi connectivity index (χ4n) is 0.676. The van der Waals surface area contributed by atoms with E-state index < -0.39 is 5.69 Å². The van der Waals surface area contributed by atoms with Gasteiger partial charge in [-0.3, -0.25) is 4.98 Å². The Kier molecular flexibility index (Phi) is 3.25. The predicted molar refractivity (Wildman–Crippen MR) is 43.1 cm³/mol. The fourth-order valence-corrected chi connectivity index (χ4v) is 0.676. The zero-order valence-corrected chi connectivity index (χ0v) is 6.91. The lowest BCUT2D eigenvalue weighted by Crippen LogP contribution is -2.12. The van der Waals surface area contributed by atoms with Crippen LogP contribution in [0.25, 0.3) is 0 Å². The number of H-pyrrole nitrogens is 1. The smallest absolute Gasteiger partial charge is 0.350 e. The topological polar surface area (TPSA) is 67.9 Å². The average Bonchev–Trinajstić information content (AvgIpc) is 2.05. The molecule has 1 aromatic rings. The highest BCUT2D eigenvalue weighted by Crippen LogP contribution is 1.95. The van der Waals surface area contributed by atoms with Crippen LogP contribution in [-0.4, -0.2) is 21.6 Å². The van der Waals surface area contributed by atoms with Gasteiger partial charge in [-0.1, -0.05) is 13.3 Å². The maximum Gasteiger partial charge on any atom is 0.350 e. The molecule has 0 unspecified atom stereocenters. The highest BCUT2D eigenvalue weighted by atomic mass is 16.5. The number of hydrogen-bond donors (Lipinski definition) is 1. The van der Waals surface area contributed by atoms with Crippen LogP contribution >= 0.6 is 0 Å². The van der Waals surface area contributed by atoms with E-state index in [1.165, 1.54) is 6.33 Å². The van der Waals surface area contributed by atoms with Crippen molar-refractivity contribution >= 4 is 0 Å². The van der Waals surface area contributed by atoms with Crippen molar-refractivity contribution in [1.29, 1.82) is 0 Å². The third-order valence-electron chi connectivity index (χ3n) is 1.30. The number of unbranched alkanes of at least 4 members (excludes halogenated alkanes) is 1. The second kappa shape index (κ2) is 4.48. The van der Waals surface area contributed by atoms with Crippen molar-refractivity contribution in [2.75, 3.05) is 6.61 Å². The van der Waals surface area contributed by atoms with E-state index in [0.717, 1.165) is 12.8 Å². The van der Waals surface area contributed by atoms with Crippen LogP contribution in [0.1, 0.15) is 19.8 Å². The molecule has 0 bridgehead atoms. The predicted octanol–water partition coefficient (Wildman–Crippen LogP) is 0.344. The molecule has 12 heavy (non-hydrogen) atoms. The molecule has 0 fully saturated rings. The van der Waals surface area contributed by atoms with Gasteiger partial charge in [0.25, 0.3) is 6.01 Å². The molecule has 0 radical (unpaired) electrons. The van der Waals surface area contributed by atoms with Gasteiger partial charge in [0, 0.05) is 0 Å². The summed E-state index contributed by atoms with van der Waals surface area (Å²) in [5.41, 5.74) is -0.434. The van der Waals surface area contributed by atoms with E-state index in [2.05, 4.69) is 21.9 Å². The summed E-state index contributed by atoms with van der Waals surface area (Å²) in [6.45, 7) is 2.63. The monoisotopic (exact) mass is 169 g/mol. The van der Waals surface area contributed by atoms with Crippen molar-refractivity contribution in [2.24, 2.45) is 0 Å². The molecule has 0 aromatic carbocycles. The van der Waals surface area contributed by atoms with Crippen LogP contribution in [0.2, 0.25) is 0 Å². The Labute approximate surface area is 69.8 Å². The first kappa shape index (κ1) is 8.70. The van der Waals surface area contributed by atoms with Crippen molar-refractivity contribution in [2.45, 2.75) is 19.8 Å². The average molecular weight is 169 g/mol. The fraction of sp³-hybridized carbons (Fsp3) is 0.571. The Morgan fingerprint density at radius 3 is 3.08 bits per heavy atom. The van der Waals surface area contributed by atoms with Crippen molar-refractivity contribution in [1.82, 2.24) is 15.0 Å². The Hall–Kier alpha value is -1.39. The lowest BCUT2D eigenvalue weighted by Gasteiger charge is -2.00. The molecule has 1 aromatic heterocycles. The Morgan fingerprint density at radius 1 is 1.58 bits per heavy atom. The van der Waals surface area contributed by atoms with Crippen LogP contribution in [0.4, 0.5) is 0 Å². The van der Waals surface area contributed by atoms with Crippen LogP contribution in [0, 0.1) is 0 Å². The maximum atomic E-state index is 10.6. The van der Waals surface area contributed by atoms with Crippen LogP contribution in [0.15, 0.2) is 11.1 Å². The molecule has 0 aliphatic carbocycles. The summed E-state index contributed by atoms with van der Waals surface area (Å²) in [5.74, 6) is 0. The molecular weight excluding hydrogens is 158 g/mol. The molecule has 0 spiro atoms. The first-order valence-electron chi connectivity index (χ1n) is 3.87. The summed E-state index contributed by atoms with van der Waals surface area (Å²) in [6.07, 6.45) is 3.18. The number of aromatic nitrogens is 3. The molecule has 1 N–H and O–H groups in total. The van der Waals surface area contributed by atoms with E-state index in [4.69, 9.17) is 4.74 Å². The Balaban J connectivity index is 2.47. The quantitative estimate of drug-likeness (QED) is 0.660. The van der Waals surface area contributed by atoms with Crippen LogP contribution in [0.3, 0.4) is 0 Å². The molecule has 66 valence electrons. The lowest BCUT2D eigenvalue weighted by molar-refractivity contribution is 0.283. The number of hydrogen-bond acceptors (Lipinski definition) is 4. The van der Waals surface area contributed by atoms with Gasteiger partial charge in [0.05, 0.1) is 6.61 Å². The standard InChI is InChI=1S/C7H11N3O2/c1-2-3-4-12-7-9-5-8-6(11)10-7/h5H,2-4H2,1H3,(H,8,9,10,11). The van der Waals surface area contributed by atoms with Gasteiger partial charge in [0.1, 0.15) is 6.33 Å². The molecule has 0 saturated heterocycles. The lowest BCUT2D eigenvalue weighted by atomic mass is 10.4. The van der Waals surface area contributed by atoms with Crippen LogP contribution in [-0.2, 0) is 0 Å². The molecule has 1 rings (SSSR count). The number of aromatic amines is 1. The van der Waals surface area contributed by atoms with E-state index in [1.807, 2.05) is 0 Å². The van der Waals surface area contributed by atoms with Crippen molar-refractivity contribution < 1.29 is 4.74 Å². The largest absolute Gasteiger partial charge is 0.465 e. The van der Waals surface area contributed by atoms with E-state index >= 15 is 0 Å². The molecule has 1 heterocycles. The normalized spacial score (nSPS) is 9.75. The van der Waals surface area contributed by atoms with E-state index in [9.17, 15) is 4.79 Å². The van der Waals surface area contributed by atoms with Gasteiger partial charge in [0.2, 0.25) is 0 Å². The summed E-state index contributed by atoms with van der Waals surface area (Å²) in [7, 11) is 0. The summed E-state index contributed by atoms with van der Waals surface area (Å²) in [5, 5.41) is 0. The highest BCUT2D eigenvalue weighted by Gasteiger charge is 1.94. The van der Waals surface area contributed by atoms with E-state index in [0.29, 0.717) is 6.61 Å². The number of rotatable bonds is 4. The van der Waals surface area contributed by atoms with Gasteiger partial charge in [-0.15, -0.1) is 0 Å². The van der Waals surface area contributed by atoms with Crippen LogP contribution in [0.5, 0.6) is 6.01 Å². The molecule has 0 atom stereocenters. The highest BCUT2D eigenvalue weighted by molar-refractivity contribution is 4.86. The van der Waals surface area contributed by atoms with Gasteiger partial charge in [0.15, 0.2) is 0 Å². The van der Waals surface area contributed by atoms with E-state index in [1.54, 1.807) is 0 Å². The minimum absolute atomic E-state index is 0.239. The molecule has 0 amide bonds. The third-order valence-corrected chi connectivity index (χ3v) is 1.30. The first-order valence-corrected chi connectivity index (χ1v) is 3.87. The first-order chi connectivity index (χ1) is 5.83. The van der Waals surface area contributed by atoms with E-state index in [-0.39, 0.29) is 6.01 Å². The number of nitrogens with zero attached hydrogens (tertiary/aromatic N) is 2. The molecule has 5 nitrogen and oxygen atoms in total. The molecule has 5 heteroatoms. The third kappa shape index (κ3) is 2.69. The summed E-state index contributed by atoms with van der Waals surface area (Å²) < 4.78 is 5.12. The summed E-state index contributed by atoms with van der Waals surface area (Å²) in [4.78, 5) is 20.1. The van der Waals surface area contributed by atoms with Crippen LogP contribution < -0.4 is 10.4 Å². The van der Waals surface area contributed by atoms with Crippen molar-refractivity contribution in [3.05, 3.63) is 16.8 Å². The zero-order chi connectivity index (χ0) is 8.81. The maximum absolute atomic E-state index is 10.6. The molecule has 0 aliphatic heterocycles. The minimum atomic E-state index is -0.434. The second-order valence-electron chi connectivity index (χ2n) is 2.31. The van der Waals surface area contributed by atoms with Crippen molar-refractivity contribution in [3.63, 3.8) is 0 Å².